The minimum absolute atomic E-state index is 0.0615. The first-order chi connectivity index (χ1) is 20.0. The van der Waals surface area contributed by atoms with Crippen LogP contribution in [0.1, 0.15) is 76.8 Å². The zero-order valence-electron chi connectivity index (χ0n) is 25.2. The van der Waals surface area contributed by atoms with Crippen molar-refractivity contribution in [2.24, 2.45) is 28.6 Å². The molecule has 6 atom stereocenters. The number of anilines is 1. The lowest BCUT2D eigenvalue weighted by atomic mass is 9.48. The van der Waals surface area contributed by atoms with Crippen LogP contribution in [-0.4, -0.2) is 20.5 Å². The van der Waals surface area contributed by atoms with E-state index in [1.54, 1.807) is 19.1 Å². The second-order valence-corrected chi connectivity index (χ2v) is 15.2. The van der Waals surface area contributed by atoms with Crippen molar-refractivity contribution < 1.29 is 17.9 Å². The molecule has 222 valence electrons. The van der Waals surface area contributed by atoms with E-state index in [1.807, 2.05) is 49.4 Å². The molecule has 0 aliphatic heterocycles. The monoisotopic (exact) mass is 585 g/mol. The Kier molecular flexibility index (Phi) is 7.49. The van der Waals surface area contributed by atoms with Crippen molar-refractivity contribution in [3.05, 3.63) is 89.0 Å². The highest BCUT2D eigenvalue weighted by Gasteiger charge is 2.59. The number of allylic oxidation sites excluding steroid dienone is 5. The van der Waals surface area contributed by atoms with Gasteiger partial charge in [0.05, 0.1) is 10.6 Å². The largest absolute Gasteiger partial charge is 0.462 e. The van der Waals surface area contributed by atoms with E-state index < -0.39 is 10.0 Å². The molecule has 1 N–H and O–H groups in total. The number of esters is 1. The van der Waals surface area contributed by atoms with Crippen LogP contribution in [0.2, 0.25) is 0 Å². The van der Waals surface area contributed by atoms with Gasteiger partial charge in [0, 0.05) is 12.3 Å². The fourth-order valence-electron chi connectivity index (χ4n) is 8.68. The highest BCUT2D eigenvalue weighted by molar-refractivity contribution is 7.92. The van der Waals surface area contributed by atoms with Crippen molar-refractivity contribution in [3.63, 3.8) is 0 Å². The maximum atomic E-state index is 13.1. The number of aryl methyl sites for hydroxylation is 1. The minimum atomic E-state index is -3.68. The first-order valence-electron chi connectivity index (χ1n) is 15.4. The standard InChI is InChI=1S/C36H43NO4S/c1-24-9-14-29(15-10-24)42(39,40)37-33-8-6-5-7-27(33)12-11-26-19-21-35(3)28(23-26)13-16-30-31-17-18-34(41-25(2)38)36(31,4)22-20-32(30)35/h5-15,23,30-32,34,37H,16-22H2,1-4H3/b12-11+/t30-,31-,32-,34-,35-,36-/m0/s1. The quantitative estimate of drug-likeness (QED) is 0.347. The molecule has 0 amide bonds. The van der Waals surface area contributed by atoms with Crippen molar-refractivity contribution in [2.45, 2.75) is 83.6 Å². The van der Waals surface area contributed by atoms with Crippen LogP contribution < -0.4 is 4.72 Å². The molecule has 42 heavy (non-hydrogen) atoms. The molecule has 2 aromatic carbocycles. The number of benzene rings is 2. The summed E-state index contributed by atoms with van der Waals surface area (Å²) in [4.78, 5) is 12.0. The molecule has 0 radical (unpaired) electrons. The molecule has 4 aliphatic rings. The summed E-state index contributed by atoms with van der Waals surface area (Å²) in [6, 6.07) is 14.5. The Morgan fingerprint density at radius 3 is 2.50 bits per heavy atom. The van der Waals surface area contributed by atoms with Crippen molar-refractivity contribution in [1.82, 2.24) is 0 Å². The SMILES string of the molecule is CC(=O)O[C@H]1CC[C@H]2[C@@H]3CC=C4C=C(/C=C/c5ccccc5NS(=O)(=O)c5ccc(C)cc5)CC[C@]4(C)[C@H]3CC[C@]12C. The zero-order chi connectivity index (χ0) is 29.7. The van der Waals surface area contributed by atoms with Crippen LogP contribution in [0, 0.1) is 35.5 Å². The van der Waals surface area contributed by atoms with E-state index in [4.69, 9.17) is 4.74 Å². The van der Waals surface area contributed by atoms with Gasteiger partial charge >= 0.3 is 5.97 Å². The maximum absolute atomic E-state index is 13.1. The molecule has 0 saturated heterocycles. The Hall–Kier alpha value is -3.12. The topological polar surface area (TPSA) is 72.5 Å². The van der Waals surface area contributed by atoms with Gasteiger partial charge in [0.1, 0.15) is 6.10 Å². The van der Waals surface area contributed by atoms with E-state index in [2.05, 4.69) is 36.8 Å². The Labute approximate surface area is 251 Å². The first kappa shape index (κ1) is 29.0. The minimum Gasteiger partial charge on any atom is -0.462 e. The summed E-state index contributed by atoms with van der Waals surface area (Å²) in [6.07, 6.45) is 16.8. The molecule has 0 spiro atoms. The van der Waals surface area contributed by atoms with Crippen molar-refractivity contribution in [2.75, 3.05) is 4.72 Å². The van der Waals surface area contributed by atoms with Crippen molar-refractivity contribution in [3.8, 4) is 0 Å². The van der Waals surface area contributed by atoms with Crippen LogP contribution >= 0.6 is 0 Å². The number of nitrogens with one attached hydrogen (secondary N) is 1. The molecule has 0 heterocycles. The number of fused-ring (bicyclic) bond motifs is 5. The number of carbonyl (C=O) groups excluding carboxylic acids is 1. The summed E-state index contributed by atoms with van der Waals surface area (Å²) < 4.78 is 34.7. The second-order valence-electron chi connectivity index (χ2n) is 13.5. The summed E-state index contributed by atoms with van der Waals surface area (Å²) in [6.45, 7) is 8.33. The third-order valence-corrected chi connectivity index (χ3v) is 12.4. The summed E-state index contributed by atoms with van der Waals surface area (Å²) in [5, 5.41) is 0. The predicted octanol–water partition coefficient (Wildman–Crippen LogP) is 8.24. The van der Waals surface area contributed by atoms with E-state index in [-0.39, 0.29) is 27.8 Å². The van der Waals surface area contributed by atoms with E-state index >= 15 is 0 Å². The van der Waals surface area contributed by atoms with Gasteiger partial charge in [0.15, 0.2) is 0 Å². The lowest BCUT2D eigenvalue weighted by Crippen LogP contribution is -2.50. The molecule has 0 unspecified atom stereocenters. The molecule has 0 aromatic heterocycles. The molecule has 2 aromatic rings. The Morgan fingerprint density at radius 1 is 0.976 bits per heavy atom. The fourth-order valence-corrected chi connectivity index (χ4v) is 9.77. The smallest absolute Gasteiger partial charge is 0.302 e. The highest BCUT2D eigenvalue weighted by atomic mass is 32.2. The van der Waals surface area contributed by atoms with Gasteiger partial charge in [-0.2, -0.15) is 0 Å². The summed E-state index contributed by atoms with van der Waals surface area (Å²) in [5.41, 5.74) is 5.45. The number of rotatable bonds is 6. The molecule has 2 saturated carbocycles. The van der Waals surface area contributed by atoms with Gasteiger partial charge in [-0.05, 0) is 110 Å². The zero-order valence-corrected chi connectivity index (χ0v) is 26.0. The molecule has 5 nitrogen and oxygen atoms in total. The van der Waals surface area contributed by atoms with Crippen LogP contribution in [0.5, 0.6) is 0 Å². The number of sulfonamides is 1. The maximum Gasteiger partial charge on any atom is 0.302 e. The van der Waals surface area contributed by atoms with Crippen LogP contribution in [0.25, 0.3) is 6.08 Å². The van der Waals surface area contributed by atoms with Gasteiger partial charge in [0.2, 0.25) is 0 Å². The number of carbonyl (C=O) groups is 1. The van der Waals surface area contributed by atoms with E-state index in [0.717, 1.165) is 49.7 Å². The van der Waals surface area contributed by atoms with Gasteiger partial charge in [0.25, 0.3) is 10.0 Å². The van der Waals surface area contributed by atoms with Gasteiger partial charge < -0.3 is 4.74 Å². The second kappa shape index (κ2) is 10.9. The molecule has 6 heteroatoms. The van der Waals surface area contributed by atoms with Crippen molar-refractivity contribution >= 4 is 27.8 Å². The molecule has 2 fully saturated rings. The molecule has 0 bridgehead atoms. The molecular formula is C36H43NO4S. The van der Waals surface area contributed by atoms with Crippen LogP contribution in [0.3, 0.4) is 0 Å². The lowest BCUT2D eigenvalue weighted by molar-refractivity contribution is -0.156. The predicted molar refractivity (Wildman–Crippen MR) is 168 cm³/mol. The normalized spacial score (nSPS) is 32.3. The summed E-state index contributed by atoms with van der Waals surface area (Å²) in [5.74, 6) is 1.77. The van der Waals surface area contributed by atoms with E-state index in [0.29, 0.717) is 23.4 Å². The van der Waals surface area contributed by atoms with Crippen molar-refractivity contribution in [1.29, 1.82) is 0 Å². The van der Waals surface area contributed by atoms with Gasteiger partial charge in [-0.3, -0.25) is 9.52 Å². The van der Waals surface area contributed by atoms with Gasteiger partial charge in [-0.1, -0.05) is 74.0 Å². The highest BCUT2D eigenvalue weighted by Crippen LogP contribution is 2.65. The number of hydrogen-bond donors (Lipinski definition) is 1. The third kappa shape index (κ3) is 5.16. The number of para-hydroxylation sites is 1. The number of hydrogen-bond acceptors (Lipinski definition) is 4. The Bertz CT molecular complexity index is 1570. The average molecular weight is 586 g/mol. The summed E-state index contributed by atoms with van der Waals surface area (Å²) >= 11 is 0. The van der Waals surface area contributed by atoms with Crippen LogP contribution in [0.4, 0.5) is 5.69 Å². The average Bonchev–Trinajstić information content (AvgIpc) is 3.28. The fraction of sp³-hybridized carbons (Fsp3) is 0.472. The molecule has 6 rings (SSSR count). The third-order valence-electron chi connectivity index (χ3n) is 11.0. The lowest BCUT2D eigenvalue weighted by Gasteiger charge is -2.56. The summed E-state index contributed by atoms with van der Waals surface area (Å²) in [7, 11) is -3.68. The van der Waals surface area contributed by atoms with Gasteiger partial charge in [-0.15, -0.1) is 0 Å². The first-order valence-corrected chi connectivity index (χ1v) is 16.9. The van der Waals surface area contributed by atoms with Crippen LogP contribution in [-0.2, 0) is 19.6 Å². The van der Waals surface area contributed by atoms with Crippen LogP contribution in [0.15, 0.2) is 82.8 Å². The Balaban J connectivity index is 1.20. The molecular weight excluding hydrogens is 542 g/mol. The van der Waals surface area contributed by atoms with E-state index in [9.17, 15) is 13.2 Å². The Morgan fingerprint density at radius 2 is 1.74 bits per heavy atom. The van der Waals surface area contributed by atoms with Gasteiger partial charge in [-0.25, -0.2) is 8.42 Å². The molecule has 4 aliphatic carbocycles. The number of ether oxygens (including phenoxy) is 1. The van der Waals surface area contributed by atoms with E-state index in [1.165, 1.54) is 17.6 Å².